The summed E-state index contributed by atoms with van der Waals surface area (Å²) in [6, 6.07) is 4.30. The third-order valence-corrected chi connectivity index (χ3v) is 3.42. The molecule has 64 valence electrons. The quantitative estimate of drug-likeness (QED) is 0.515. The van der Waals surface area contributed by atoms with Crippen LogP contribution in [-0.2, 0) is 0 Å². The summed E-state index contributed by atoms with van der Waals surface area (Å²) in [6.07, 6.45) is 3.85. The summed E-state index contributed by atoms with van der Waals surface area (Å²) < 4.78 is 1.35. The maximum atomic E-state index is 3.66. The van der Waals surface area contributed by atoms with E-state index in [0.717, 1.165) is 0 Å². The molecule has 1 aromatic rings. The highest BCUT2D eigenvalue weighted by molar-refractivity contribution is 8.04. The first-order valence-corrected chi connectivity index (χ1v) is 5.39. The van der Waals surface area contributed by atoms with Crippen LogP contribution in [0.2, 0.25) is 0 Å². The molecule has 0 saturated heterocycles. The zero-order valence-electron chi connectivity index (χ0n) is 7.33. The second kappa shape index (κ2) is 4.53. The van der Waals surface area contributed by atoms with Crippen molar-refractivity contribution in [3.63, 3.8) is 0 Å². The topological polar surface area (TPSA) is 0 Å². The van der Waals surface area contributed by atoms with E-state index >= 15 is 0 Å². The van der Waals surface area contributed by atoms with Gasteiger partial charge in [-0.3, -0.25) is 0 Å². The molecule has 0 aliphatic rings. The van der Waals surface area contributed by atoms with Crippen LogP contribution in [0.5, 0.6) is 0 Å². The Morgan fingerprint density at radius 3 is 2.83 bits per heavy atom. The van der Waals surface area contributed by atoms with Crippen LogP contribution in [0.3, 0.4) is 0 Å². The lowest BCUT2D eigenvalue weighted by Gasteiger charge is -1.94. The van der Waals surface area contributed by atoms with Gasteiger partial charge in [-0.15, -0.1) is 11.3 Å². The molecule has 0 atom stereocenters. The molecule has 0 unspecified atom stereocenters. The van der Waals surface area contributed by atoms with Crippen LogP contribution in [0, 0.1) is 6.92 Å². The van der Waals surface area contributed by atoms with E-state index in [9.17, 15) is 0 Å². The molecular weight excluding hydrogens is 184 g/mol. The van der Waals surface area contributed by atoms with Gasteiger partial charge in [0.25, 0.3) is 0 Å². The number of thiophene rings is 1. The molecule has 0 aromatic carbocycles. The third kappa shape index (κ3) is 2.88. The predicted molar refractivity (Wildman–Crippen MR) is 58.9 cm³/mol. The van der Waals surface area contributed by atoms with Crippen molar-refractivity contribution < 1.29 is 0 Å². The Morgan fingerprint density at radius 2 is 2.33 bits per heavy atom. The monoisotopic (exact) mass is 196 g/mol. The van der Waals surface area contributed by atoms with Gasteiger partial charge in [0.05, 0.1) is 4.21 Å². The van der Waals surface area contributed by atoms with Crippen LogP contribution in [0.15, 0.2) is 40.0 Å². The Kier molecular flexibility index (Phi) is 3.63. The van der Waals surface area contributed by atoms with Gasteiger partial charge in [-0.05, 0) is 30.9 Å². The lowest BCUT2D eigenvalue weighted by atomic mass is 10.5. The Bertz CT molecular complexity index is 295. The van der Waals surface area contributed by atoms with Crippen LogP contribution in [0.4, 0.5) is 0 Å². The molecule has 0 aliphatic carbocycles. The van der Waals surface area contributed by atoms with E-state index < -0.39 is 0 Å². The normalized spacial score (nSPS) is 11.7. The molecule has 0 nitrogen and oxygen atoms in total. The SMILES string of the molecule is C=C/C=C(/C)Sc1ccc(C)s1. The Balaban J connectivity index is 2.63. The van der Waals surface area contributed by atoms with Gasteiger partial charge >= 0.3 is 0 Å². The van der Waals surface area contributed by atoms with Crippen LogP contribution in [0.25, 0.3) is 0 Å². The largest absolute Gasteiger partial charge is 0.134 e. The average Bonchev–Trinajstić information content (AvgIpc) is 2.36. The van der Waals surface area contributed by atoms with E-state index in [1.54, 1.807) is 11.8 Å². The zero-order chi connectivity index (χ0) is 8.97. The maximum absolute atomic E-state index is 3.66. The van der Waals surface area contributed by atoms with Gasteiger partial charge in [-0.2, -0.15) is 0 Å². The van der Waals surface area contributed by atoms with Gasteiger partial charge in [-0.1, -0.05) is 30.5 Å². The van der Waals surface area contributed by atoms with Gasteiger partial charge in [0.1, 0.15) is 0 Å². The summed E-state index contributed by atoms with van der Waals surface area (Å²) in [5.74, 6) is 0. The van der Waals surface area contributed by atoms with Crippen molar-refractivity contribution in [3.05, 3.63) is 40.6 Å². The molecule has 12 heavy (non-hydrogen) atoms. The molecule has 1 rings (SSSR count). The third-order valence-electron chi connectivity index (χ3n) is 1.33. The number of aryl methyl sites for hydroxylation is 1. The molecule has 0 fully saturated rings. The Labute approximate surface area is 82.0 Å². The summed E-state index contributed by atoms with van der Waals surface area (Å²) >= 11 is 3.63. The van der Waals surface area contributed by atoms with Gasteiger partial charge < -0.3 is 0 Å². The number of allylic oxidation sites excluding steroid dienone is 3. The fourth-order valence-electron chi connectivity index (χ4n) is 0.826. The highest BCUT2D eigenvalue weighted by Crippen LogP contribution is 2.31. The van der Waals surface area contributed by atoms with Crippen LogP contribution < -0.4 is 0 Å². The summed E-state index contributed by atoms with van der Waals surface area (Å²) in [7, 11) is 0. The molecule has 0 spiro atoms. The molecule has 1 heterocycles. The highest BCUT2D eigenvalue weighted by Gasteiger charge is 1.97. The molecule has 0 saturated carbocycles. The Hall–Kier alpha value is -0.470. The van der Waals surface area contributed by atoms with Crippen molar-refractivity contribution >= 4 is 23.1 Å². The van der Waals surface area contributed by atoms with E-state index in [1.807, 2.05) is 23.5 Å². The van der Waals surface area contributed by atoms with Gasteiger partial charge in [0.2, 0.25) is 0 Å². The molecule has 2 heteroatoms. The number of thioether (sulfide) groups is 1. The first kappa shape index (κ1) is 9.62. The fraction of sp³-hybridized carbons (Fsp3) is 0.200. The first-order chi connectivity index (χ1) is 5.72. The first-order valence-electron chi connectivity index (χ1n) is 3.76. The van der Waals surface area contributed by atoms with E-state index in [-0.39, 0.29) is 0 Å². The standard InChI is InChI=1S/C10H12S2/c1-4-5-8(2)11-10-7-6-9(3)12-10/h4-7H,1H2,2-3H3/b8-5-. The van der Waals surface area contributed by atoms with Gasteiger partial charge in [-0.25, -0.2) is 0 Å². The lowest BCUT2D eigenvalue weighted by Crippen LogP contribution is -1.62. The van der Waals surface area contributed by atoms with Crippen LogP contribution >= 0.6 is 23.1 Å². The average molecular weight is 196 g/mol. The Morgan fingerprint density at radius 1 is 1.58 bits per heavy atom. The van der Waals surface area contributed by atoms with Gasteiger partial charge in [0.15, 0.2) is 0 Å². The van der Waals surface area contributed by atoms with Crippen molar-refractivity contribution in [2.45, 2.75) is 18.1 Å². The van der Waals surface area contributed by atoms with E-state index in [4.69, 9.17) is 0 Å². The maximum Gasteiger partial charge on any atom is 0.0645 e. The predicted octanol–water partition coefficient (Wildman–Crippen LogP) is 4.24. The summed E-state index contributed by atoms with van der Waals surface area (Å²) in [5, 5.41) is 0. The van der Waals surface area contributed by atoms with Crippen molar-refractivity contribution in [3.8, 4) is 0 Å². The minimum atomic E-state index is 1.28. The molecule has 0 aliphatic heterocycles. The number of rotatable bonds is 3. The summed E-state index contributed by atoms with van der Waals surface area (Å²) in [4.78, 5) is 2.65. The smallest absolute Gasteiger partial charge is 0.0645 e. The summed E-state index contributed by atoms with van der Waals surface area (Å²) in [6.45, 7) is 7.89. The van der Waals surface area contributed by atoms with Gasteiger partial charge in [0, 0.05) is 4.88 Å². The molecule has 1 aromatic heterocycles. The molecular formula is C10H12S2. The lowest BCUT2D eigenvalue weighted by molar-refractivity contribution is 1.62. The second-order valence-corrected chi connectivity index (χ2v) is 5.31. The molecule has 0 amide bonds. The van der Waals surface area contributed by atoms with Crippen molar-refractivity contribution in [2.24, 2.45) is 0 Å². The molecule has 0 bridgehead atoms. The van der Waals surface area contributed by atoms with Crippen LogP contribution in [-0.4, -0.2) is 0 Å². The van der Waals surface area contributed by atoms with E-state index in [1.165, 1.54) is 14.0 Å². The minimum absolute atomic E-state index is 1.28. The zero-order valence-corrected chi connectivity index (χ0v) is 8.97. The second-order valence-electron chi connectivity index (χ2n) is 2.48. The molecule has 0 N–H and O–H groups in total. The van der Waals surface area contributed by atoms with E-state index in [0.29, 0.717) is 0 Å². The fourth-order valence-corrected chi connectivity index (χ4v) is 2.99. The highest BCUT2D eigenvalue weighted by atomic mass is 32.2. The summed E-state index contributed by atoms with van der Waals surface area (Å²) in [5.41, 5.74) is 0. The van der Waals surface area contributed by atoms with Crippen molar-refractivity contribution in [1.82, 2.24) is 0 Å². The van der Waals surface area contributed by atoms with Crippen LogP contribution in [0.1, 0.15) is 11.8 Å². The number of hydrogen-bond donors (Lipinski definition) is 0. The minimum Gasteiger partial charge on any atom is -0.134 e. The molecule has 0 radical (unpaired) electrons. The van der Waals surface area contributed by atoms with E-state index in [2.05, 4.69) is 32.6 Å². The van der Waals surface area contributed by atoms with Crippen molar-refractivity contribution in [2.75, 3.05) is 0 Å². The van der Waals surface area contributed by atoms with Crippen molar-refractivity contribution in [1.29, 1.82) is 0 Å². The number of hydrogen-bond acceptors (Lipinski definition) is 2.